The predicted molar refractivity (Wildman–Crippen MR) is 76.3 cm³/mol. The predicted octanol–water partition coefficient (Wildman–Crippen LogP) is 2.12. The average molecular weight is 334 g/mol. The van der Waals surface area contributed by atoms with E-state index in [9.17, 15) is 12.8 Å². The SMILES string of the molecule is COCCn1ccc(NS(=O)(=O)c2cc(F)ccc2Cl)n1. The number of methoxy groups -OCH3 is 1. The van der Waals surface area contributed by atoms with E-state index in [2.05, 4.69) is 9.82 Å². The van der Waals surface area contributed by atoms with Crippen molar-refractivity contribution in [1.82, 2.24) is 9.78 Å². The molecular formula is C12H13ClFN3O3S. The highest BCUT2D eigenvalue weighted by molar-refractivity contribution is 7.92. The van der Waals surface area contributed by atoms with Crippen LogP contribution in [-0.2, 0) is 21.3 Å². The molecule has 1 aromatic heterocycles. The van der Waals surface area contributed by atoms with Gasteiger partial charge >= 0.3 is 0 Å². The fourth-order valence-electron chi connectivity index (χ4n) is 1.60. The summed E-state index contributed by atoms with van der Waals surface area (Å²) in [6.45, 7) is 0.933. The van der Waals surface area contributed by atoms with Crippen molar-refractivity contribution in [2.24, 2.45) is 0 Å². The largest absolute Gasteiger partial charge is 0.383 e. The monoisotopic (exact) mass is 333 g/mol. The molecule has 114 valence electrons. The van der Waals surface area contributed by atoms with Crippen LogP contribution in [0.2, 0.25) is 5.02 Å². The van der Waals surface area contributed by atoms with Gasteiger partial charge in [-0.2, -0.15) is 5.10 Å². The number of anilines is 1. The molecule has 0 aliphatic heterocycles. The van der Waals surface area contributed by atoms with Crippen LogP contribution in [0.25, 0.3) is 0 Å². The second-order valence-electron chi connectivity index (χ2n) is 4.14. The van der Waals surface area contributed by atoms with Gasteiger partial charge in [-0.1, -0.05) is 11.6 Å². The summed E-state index contributed by atoms with van der Waals surface area (Å²) in [5, 5.41) is 3.95. The Balaban J connectivity index is 2.21. The molecule has 0 unspecified atom stereocenters. The zero-order chi connectivity index (χ0) is 15.5. The number of nitrogens with zero attached hydrogens (tertiary/aromatic N) is 2. The second-order valence-corrected chi connectivity index (χ2v) is 6.20. The van der Waals surface area contributed by atoms with Crippen molar-refractivity contribution in [3.05, 3.63) is 41.3 Å². The number of hydrogen-bond acceptors (Lipinski definition) is 4. The second kappa shape index (κ2) is 6.42. The van der Waals surface area contributed by atoms with Gasteiger partial charge in [-0.05, 0) is 18.2 Å². The van der Waals surface area contributed by atoms with Crippen molar-refractivity contribution in [2.45, 2.75) is 11.4 Å². The molecule has 0 aliphatic rings. The third-order valence-corrected chi connectivity index (χ3v) is 4.42. The Bertz CT molecular complexity index is 733. The van der Waals surface area contributed by atoms with Gasteiger partial charge in [0.25, 0.3) is 10.0 Å². The molecule has 0 amide bonds. The van der Waals surface area contributed by atoms with Crippen molar-refractivity contribution in [1.29, 1.82) is 0 Å². The van der Waals surface area contributed by atoms with Crippen LogP contribution >= 0.6 is 11.6 Å². The molecule has 2 aromatic rings. The summed E-state index contributed by atoms with van der Waals surface area (Å²) >= 11 is 5.79. The lowest BCUT2D eigenvalue weighted by molar-refractivity contribution is 0.183. The molecule has 6 nitrogen and oxygen atoms in total. The minimum absolute atomic E-state index is 0.0669. The van der Waals surface area contributed by atoms with Crippen molar-refractivity contribution in [3.63, 3.8) is 0 Å². The normalized spacial score (nSPS) is 11.6. The Morgan fingerprint density at radius 1 is 1.43 bits per heavy atom. The molecule has 0 spiro atoms. The topological polar surface area (TPSA) is 73.2 Å². The summed E-state index contributed by atoms with van der Waals surface area (Å²) in [6.07, 6.45) is 1.60. The number of ether oxygens (including phenoxy) is 1. The summed E-state index contributed by atoms with van der Waals surface area (Å²) < 4.78 is 46.2. The first-order valence-corrected chi connectivity index (χ1v) is 7.79. The summed E-state index contributed by atoms with van der Waals surface area (Å²) in [5.41, 5.74) is 0. The molecule has 1 N–H and O–H groups in total. The van der Waals surface area contributed by atoms with E-state index in [4.69, 9.17) is 16.3 Å². The molecule has 0 bridgehead atoms. The molecule has 0 radical (unpaired) electrons. The Kier molecular flexibility index (Phi) is 4.81. The molecule has 2 rings (SSSR count). The molecule has 9 heteroatoms. The zero-order valence-electron chi connectivity index (χ0n) is 11.1. The fourth-order valence-corrected chi connectivity index (χ4v) is 3.11. The van der Waals surface area contributed by atoms with E-state index >= 15 is 0 Å². The van der Waals surface area contributed by atoms with E-state index in [-0.39, 0.29) is 15.7 Å². The first-order chi connectivity index (χ1) is 9.92. The van der Waals surface area contributed by atoms with Crippen LogP contribution in [0.3, 0.4) is 0 Å². The van der Waals surface area contributed by atoms with Crippen molar-refractivity contribution in [3.8, 4) is 0 Å². The number of nitrogens with one attached hydrogen (secondary N) is 1. The van der Waals surface area contributed by atoms with Crippen LogP contribution in [-0.4, -0.2) is 31.9 Å². The Hall–Kier alpha value is -1.64. The zero-order valence-corrected chi connectivity index (χ0v) is 12.7. The number of halogens is 2. The van der Waals surface area contributed by atoms with Crippen LogP contribution in [0, 0.1) is 5.82 Å². The van der Waals surface area contributed by atoms with Gasteiger partial charge in [0.15, 0.2) is 5.82 Å². The number of rotatable bonds is 6. The van der Waals surface area contributed by atoms with E-state index < -0.39 is 15.8 Å². The molecule has 21 heavy (non-hydrogen) atoms. The molecule has 0 saturated carbocycles. The van der Waals surface area contributed by atoms with E-state index in [0.717, 1.165) is 12.1 Å². The minimum atomic E-state index is -4.00. The molecule has 0 saturated heterocycles. The van der Waals surface area contributed by atoms with Crippen LogP contribution in [0.4, 0.5) is 10.2 Å². The number of aromatic nitrogens is 2. The van der Waals surface area contributed by atoms with E-state index in [1.165, 1.54) is 16.8 Å². The highest BCUT2D eigenvalue weighted by atomic mass is 35.5. The van der Waals surface area contributed by atoms with Crippen molar-refractivity contribution >= 4 is 27.4 Å². The maximum absolute atomic E-state index is 13.2. The fraction of sp³-hybridized carbons (Fsp3) is 0.250. The van der Waals surface area contributed by atoms with Gasteiger partial charge in [0, 0.05) is 19.4 Å². The lowest BCUT2D eigenvalue weighted by Gasteiger charge is -2.07. The Morgan fingerprint density at radius 3 is 2.90 bits per heavy atom. The minimum Gasteiger partial charge on any atom is -0.383 e. The molecule has 1 aromatic carbocycles. The van der Waals surface area contributed by atoms with Gasteiger partial charge in [0.2, 0.25) is 0 Å². The highest BCUT2D eigenvalue weighted by Crippen LogP contribution is 2.24. The van der Waals surface area contributed by atoms with Crippen LogP contribution < -0.4 is 4.72 Å². The van der Waals surface area contributed by atoms with Gasteiger partial charge in [-0.25, -0.2) is 12.8 Å². The number of sulfonamides is 1. The van der Waals surface area contributed by atoms with E-state index in [1.54, 1.807) is 13.3 Å². The summed E-state index contributed by atoms with van der Waals surface area (Å²) in [6, 6.07) is 4.61. The van der Waals surface area contributed by atoms with Gasteiger partial charge in [0.05, 0.1) is 18.2 Å². The summed E-state index contributed by atoms with van der Waals surface area (Å²) in [7, 11) is -2.45. The van der Waals surface area contributed by atoms with Crippen molar-refractivity contribution in [2.75, 3.05) is 18.4 Å². The number of hydrogen-bond donors (Lipinski definition) is 1. The molecule has 0 aliphatic carbocycles. The van der Waals surface area contributed by atoms with Gasteiger partial charge < -0.3 is 4.74 Å². The smallest absolute Gasteiger partial charge is 0.264 e. The van der Waals surface area contributed by atoms with Gasteiger partial charge in [0.1, 0.15) is 10.7 Å². The quantitative estimate of drug-likeness (QED) is 0.878. The summed E-state index contributed by atoms with van der Waals surface area (Å²) in [5.74, 6) is -0.572. The highest BCUT2D eigenvalue weighted by Gasteiger charge is 2.20. The average Bonchev–Trinajstić information content (AvgIpc) is 2.86. The van der Waals surface area contributed by atoms with Crippen molar-refractivity contribution < 1.29 is 17.5 Å². The Labute approximate surface area is 126 Å². The third-order valence-electron chi connectivity index (χ3n) is 2.59. The lowest BCUT2D eigenvalue weighted by atomic mass is 10.3. The molecule has 0 fully saturated rings. The standard InChI is InChI=1S/C12H13ClFN3O3S/c1-20-7-6-17-5-4-12(15-17)16-21(18,19)11-8-9(14)2-3-10(11)13/h2-5,8H,6-7H2,1H3,(H,15,16). The van der Waals surface area contributed by atoms with Crippen LogP contribution in [0.5, 0.6) is 0 Å². The lowest BCUT2D eigenvalue weighted by Crippen LogP contribution is -2.15. The van der Waals surface area contributed by atoms with Gasteiger partial charge in [-0.3, -0.25) is 9.40 Å². The van der Waals surface area contributed by atoms with E-state index in [0.29, 0.717) is 13.2 Å². The Morgan fingerprint density at radius 2 is 2.19 bits per heavy atom. The van der Waals surface area contributed by atoms with Gasteiger partial charge in [-0.15, -0.1) is 0 Å². The molecule has 1 heterocycles. The summed E-state index contributed by atoms with van der Waals surface area (Å²) in [4.78, 5) is -0.337. The van der Waals surface area contributed by atoms with Crippen LogP contribution in [0.1, 0.15) is 0 Å². The molecular weight excluding hydrogens is 321 g/mol. The maximum Gasteiger partial charge on any atom is 0.264 e. The number of benzene rings is 1. The maximum atomic E-state index is 13.2. The first-order valence-electron chi connectivity index (χ1n) is 5.92. The first kappa shape index (κ1) is 15.7. The van der Waals surface area contributed by atoms with E-state index in [1.807, 2.05) is 0 Å². The third kappa shape index (κ3) is 3.93. The molecule has 0 atom stereocenters. The van der Waals surface area contributed by atoms with Crippen LogP contribution in [0.15, 0.2) is 35.4 Å².